The normalized spacial score (nSPS) is 19.0. The lowest BCUT2D eigenvalue weighted by molar-refractivity contribution is 0.443. The number of sulfone groups is 1. The second-order valence-corrected chi connectivity index (χ2v) is 9.61. The summed E-state index contributed by atoms with van der Waals surface area (Å²) in [4.78, 5) is 0. The molecule has 1 aromatic carbocycles. The first-order valence-electron chi connectivity index (χ1n) is 8.46. The monoisotopic (exact) mass is 391 g/mol. The summed E-state index contributed by atoms with van der Waals surface area (Å²) < 4.78 is 30.9. The van der Waals surface area contributed by atoms with Gasteiger partial charge in [-0.15, -0.1) is 0 Å². The molecule has 0 spiro atoms. The van der Waals surface area contributed by atoms with Gasteiger partial charge in [0.2, 0.25) is 0 Å². The van der Waals surface area contributed by atoms with Crippen molar-refractivity contribution in [2.24, 2.45) is 0 Å². The maximum atomic E-state index is 11.6. The summed E-state index contributed by atoms with van der Waals surface area (Å²) in [5.41, 5.74) is 3.20. The summed E-state index contributed by atoms with van der Waals surface area (Å²) in [6.45, 7) is 3.73. The molecule has 0 radical (unpaired) electrons. The largest absolute Gasteiger partial charge is 0.452 e. The number of nitrogens with zero attached hydrogens (tertiary/aromatic N) is 3. The van der Waals surface area contributed by atoms with Crippen LogP contribution in [0, 0.1) is 25.2 Å². The van der Waals surface area contributed by atoms with Gasteiger partial charge < -0.3 is 4.74 Å². The summed E-state index contributed by atoms with van der Waals surface area (Å²) in [7, 11) is -2.96. The summed E-state index contributed by atoms with van der Waals surface area (Å²) in [5.74, 6) is 1.60. The summed E-state index contributed by atoms with van der Waals surface area (Å²) >= 11 is 6.35. The highest BCUT2D eigenvalue weighted by Gasteiger charge is 2.41. The Balaban J connectivity index is 1.71. The molecular formula is C18H18ClN3O3S. The lowest BCUT2D eigenvalue weighted by Crippen LogP contribution is -2.39. The molecule has 0 atom stereocenters. The van der Waals surface area contributed by atoms with Crippen molar-refractivity contribution in [3.05, 3.63) is 39.7 Å². The zero-order valence-electron chi connectivity index (χ0n) is 14.5. The zero-order chi connectivity index (χ0) is 18.6. The van der Waals surface area contributed by atoms with E-state index in [2.05, 4.69) is 11.2 Å². The highest BCUT2D eigenvalue weighted by molar-refractivity contribution is 7.92. The Morgan fingerprint density at radius 1 is 1.27 bits per heavy atom. The van der Waals surface area contributed by atoms with Gasteiger partial charge in [-0.3, -0.25) is 4.68 Å². The van der Waals surface area contributed by atoms with E-state index in [1.165, 1.54) is 0 Å². The average Bonchev–Trinajstić information content (AvgIpc) is 3.30. The fourth-order valence-electron chi connectivity index (χ4n) is 3.46. The molecular weight excluding hydrogens is 374 g/mol. The molecule has 6 nitrogen and oxygen atoms in total. The molecule has 1 aromatic heterocycles. The minimum atomic E-state index is -2.96. The molecule has 1 saturated carbocycles. The molecule has 4 rings (SSSR count). The van der Waals surface area contributed by atoms with Crippen LogP contribution in [0.5, 0.6) is 11.5 Å². The Labute approximate surface area is 157 Å². The molecule has 0 amide bonds. The van der Waals surface area contributed by atoms with Gasteiger partial charge in [-0.1, -0.05) is 11.6 Å². The van der Waals surface area contributed by atoms with Gasteiger partial charge >= 0.3 is 0 Å². The van der Waals surface area contributed by atoms with Gasteiger partial charge in [-0.05, 0) is 49.9 Å². The Bertz CT molecular complexity index is 1010. The second kappa shape index (κ2) is 6.00. The van der Waals surface area contributed by atoms with Crippen molar-refractivity contribution in [3.63, 3.8) is 0 Å². The van der Waals surface area contributed by atoms with E-state index in [4.69, 9.17) is 16.3 Å². The molecule has 1 aliphatic carbocycles. The Morgan fingerprint density at radius 2 is 1.88 bits per heavy atom. The van der Waals surface area contributed by atoms with Gasteiger partial charge in [0.1, 0.15) is 5.75 Å². The topological polar surface area (TPSA) is 85.0 Å². The molecule has 8 heteroatoms. The molecule has 0 bridgehead atoms. The van der Waals surface area contributed by atoms with Crippen LogP contribution in [-0.2, 0) is 9.84 Å². The Hall–Kier alpha value is -2.04. The van der Waals surface area contributed by atoms with E-state index in [1.54, 1.807) is 4.68 Å². The third-order valence-corrected chi connectivity index (χ3v) is 6.94. The smallest absolute Gasteiger partial charge is 0.194 e. The molecule has 0 N–H and O–H groups in total. The number of rotatable bonds is 4. The molecule has 0 unspecified atom stereocenters. The van der Waals surface area contributed by atoms with Crippen molar-refractivity contribution in [3.8, 4) is 17.6 Å². The van der Waals surface area contributed by atoms with Crippen molar-refractivity contribution in [2.75, 3.05) is 11.5 Å². The molecule has 1 aliphatic heterocycles. The van der Waals surface area contributed by atoms with Gasteiger partial charge in [-0.25, -0.2) is 8.42 Å². The zero-order valence-corrected chi connectivity index (χ0v) is 16.1. The second-order valence-electron chi connectivity index (χ2n) is 7.10. The van der Waals surface area contributed by atoms with Crippen LogP contribution >= 0.6 is 11.6 Å². The van der Waals surface area contributed by atoms with Crippen molar-refractivity contribution < 1.29 is 13.2 Å². The molecule has 2 aromatic rings. The number of hydrogen-bond acceptors (Lipinski definition) is 5. The molecule has 136 valence electrons. The van der Waals surface area contributed by atoms with Gasteiger partial charge in [-0.2, -0.15) is 10.4 Å². The van der Waals surface area contributed by atoms with Crippen LogP contribution in [0.15, 0.2) is 12.1 Å². The lowest BCUT2D eigenvalue weighted by Gasteiger charge is -2.27. The van der Waals surface area contributed by atoms with E-state index in [0.29, 0.717) is 23.0 Å². The quantitative estimate of drug-likeness (QED) is 0.793. The van der Waals surface area contributed by atoms with Crippen molar-refractivity contribution in [1.29, 1.82) is 5.26 Å². The highest BCUT2D eigenvalue weighted by atomic mass is 35.5. The SMILES string of the molecule is Cc1cc(Oc2c(Cl)nn(C3CS(=O)(=O)C3)c2C2CC2)cc(C)c1C#N. The van der Waals surface area contributed by atoms with Crippen LogP contribution in [-0.4, -0.2) is 29.7 Å². The molecule has 1 saturated heterocycles. The number of nitriles is 1. The van der Waals surface area contributed by atoms with Crippen LogP contribution in [0.1, 0.15) is 47.2 Å². The molecule has 2 heterocycles. The summed E-state index contributed by atoms with van der Waals surface area (Å²) in [6, 6.07) is 5.64. The van der Waals surface area contributed by atoms with Crippen LogP contribution in [0.2, 0.25) is 5.15 Å². The maximum absolute atomic E-state index is 11.6. The molecule has 26 heavy (non-hydrogen) atoms. The van der Waals surface area contributed by atoms with Crippen LogP contribution in [0.4, 0.5) is 0 Å². The average molecular weight is 392 g/mol. The third kappa shape index (κ3) is 2.97. The minimum Gasteiger partial charge on any atom is -0.452 e. The number of aryl methyl sites for hydroxylation is 2. The van der Waals surface area contributed by atoms with Gasteiger partial charge in [0.15, 0.2) is 20.7 Å². The maximum Gasteiger partial charge on any atom is 0.194 e. The first-order valence-corrected chi connectivity index (χ1v) is 10.7. The molecule has 2 fully saturated rings. The van der Waals surface area contributed by atoms with E-state index in [-0.39, 0.29) is 22.7 Å². The predicted octanol–water partition coefficient (Wildman–Crippen LogP) is 3.66. The Kier molecular flexibility index (Phi) is 4.01. The number of benzene rings is 1. The van der Waals surface area contributed by atoms with E-state index in [9.17, 15) is 13.7 Å². The Morgan fingerprint density at radius 3 is 2.38 bits per heavy atom. The fraction of sp³-hybridized carbons (Fsp3) is 0.444. The first-order chi connectivity index (χ1) is 12.3. The highest BCUT2D eigenvalue weighted by Crippen LogP contribution is 2.49. The van der Waals surface area contributed by atoms with Crippen molar-refractivity contribution in [2.45, 2.75) is 38.6 Å². The van der Waals surface area contributed by atoms with E-state index in [1.807, 2.05) is 26.0 Å². The third-order valence-electron chi connectivity index (χ3n) is 4.90. The van der Waals surface area contributed by atoms with Crippen LogP contribution in [0.25, 0.3) is 0 Å². The lowest BCUT2D eigenvalue weighted by atomic mass is 10.0. The number of aromatic nitrogens is 2. The van der Waals surface area contributed by atoms with Gasteiger partial charge in [0, 0.05) is 5.92 Å². The molecule has 2 aliphatic rings. The summed E-state index contributed by atoms with van der Waals surface area (Å²) in [5, 5.41) is 13.8. The van der Waals surface area contributed by atoms with E-state index in [0.717, 1.165) is 29.7 Å². The minimum absolute atomic E-state index is 0.0965. The number of hydrogen-bond donors (Lipinski definition) is 0. The van der Waals surface area contributed by atoms with Crippen molar-refractivity contribution >= 4 is 21.4 Å². The van der Waals surface area contributed by atoms with Crippen LogP contribution < -0.4 is 4.74 Å². The van der Waals surface area contributed by atoms with Crippen molar-refractivity contribution in [1.82, 2.24) is 9.78 Å². The fourth-order valence-corrected chi connectivity index (χ4v) is 5.04. The number of ether oxygens (including phenoxy) is 1. The van der Waals surface area contributed by atoms with Crippen LogP contribution in [0.3, 0.4) is 0 Å². The van der Waals surface area contributed by atoms with Gasteiger partial charge in [0.05, 0.1) is 34.9 Å². The van der Waals surface area contributed by atoms with Gasteiger partial charge in [0.25, 0.3) is 0 Å². The first kappa shape index (κ1) is 17.4. The predicted molar refractivity (Wildman–Crippen MR) is 97.6 cm³/mol. The van der Waals surface area contributed by atoms with E-state index >= 15 is 0 Å². The standard InChI is InChI=1S/C18H18ClN3O3S/c1-10-5-14(6-11(2)15(10)7-20)25-17-16(12-3-4-12)22(21-18(17)19)13-8-26(23,24)9-13/h5-6,12-13H,3-4,8-9H2,1-2H3. The van der Waals surface area contributed by atoms with E-state index < -0.39 is 9.84 Å². The number of halogens is 1. The summed E-state index contributed by atoms with van der Waals surface area (Å²) in [6.07, 6.45) is 2.03.